The molecule has 156 valence electrons. The van der Waals surface area contributed by atoms with Gasteiger partial charge in [-0.2, -0.15) is 0 Å². The second-order valence-electron chi connectivity index (χ2n) is 8.34. The lowest BCUT2D eigenvalue weighted by molar-refractivity contribution is -0.0417. The number of aliphatic hydroxyl groups is 1. The molecule has 0 spiro atoms. The van der Waals surface area contributed by atoms with Crippen molar-refractivity contribution in [3.63, 3.8) is 0 Å². The second kappa shape index (κ2) is 8.11. The van der Waals surface area contributed by atoms with Crippen LogP contribution in [0.3, 0.4) is 0 Å². The molecular weight excluding hydrogens is 374 g/mol. The molecule has 2 aromatic carbocycles. The van der Waals surface area contributed by atoms with E-state index in [-0.39, 0.29) is 30.3 Å². The molecule has 2 aliphatic rings. The molecule has 1 N–H and O–H groups in total. The van der Waals surface area contributed by atoms with E-state index in [0.717, 1.165) is 30.6 Å². The van der Waals surface area contributed by atoms with Crippen LogP contribution in [0.15, 0.2) is 73.8 Å². The number of nitrogens with zero attached hydrogens (tertiary/aromatic N) is 1. The van der Waals surface area contributed by atoms with Crippen molar-refractivity contribution in [3.8, 4) is 5.75 Å². The van der Waals surface area contributed by atoms with Crippen LogP contribution in [-0.2, 0) is 6.42 Å². The fourth-order valence-electron chi connectivity index (χ4n) is 5.02. The lowest BCUT2D eigenvalue weighted by Gasteiger charge is -2.45. The number of amides is 1. The standard InChI is InChI=1S/C26H29NO3/c1-4-20-12-13-21(5-2)26(20,29)17-27(25(28)18-9-7-6-8-10-18)24-15-19-11-14-22(30-3)16-23(19)24/h4-11,14,16,20-21,24,29H,1-2,12-13,15,17H2,3H3/t20-,21-,24?/m1/s1. The van der Waals surface area contributed by atoms with Crippen molar-refractivity contribution in [2.75, 3.05) is 13.7 Å². The number of rotatable bonds is 7. The Bertz CT molecular complexity index is 936. The first-order valence-electron chi connectivity index (χ1n) is 10.5. The molecule has 4 rings (SSSR count). The number of carbonyl (C=O) groups is 1. The molecule has 2 aliphatic carbocycles. The van der Waals surface area contributed by atoms with Gasteiger partial charge in [0.15, 0.2) is 0 Å². The van der Waals surface area contributed by atoms with Crippen LogP contribution in [-0.4, -0.2) is 35.2 Å². The van der Waals surface area contributed by atoms with Gasteiger partial charge in [-0.25, -0.2) is 0 Å². The molecule has 4 nitrogen and oxygen atoms in total. The normalized spacial score (nSPS) is 23.7. The van der Waals surface area contributed by atoms with Gasteiger partial charge in [0, 0.05) is 17.4 Å². The van der Waals surface area contributed by atoms with E-state index in [9.17, 15) is 9.90 Å². The topological polar surface area (TPSA) is 49.8 Å². The van der Waals surface area contributed by atoms with E-state index in [0.29, 0.717) is 5.56 Å². The molecule has 30 heavy (non-hydrogen) atoms. The lowest BCUT2D eigenvalue weighted by Crippen LogP contribution is -2.53. The van der Waals surface area contributed by atoms with Gasteiger partial charge in [0.2, 0.25) is 0 Å². The molecule has 4 heteroatoms. The molecule has 0 radical (unpaired) electrons. The quantitative estimate of drug-likeness (QED) is 0.690. The van der Waals surface area contributed by atoms with Crippen LogP contribution in [0.2, 0.25) is 0 Å². The number of benzene rings is 2. The van der Waals surface area contributed by atoms with Gasteiger partial charge in [-0.05, 0) is 54.7 Å². The smallest absolute Gasteiger partial charge is 0.254 e. The minimum absolute atomic E-state index is 0.0694. The van der Waals surface area contributed by atoms with Crippen molar-refractivity contribution >= 4 is 5.91 Å². The molecule has 0 aromatic heterocycles. The van der Waals surface area contributed by atoms with Crippen molar-refractivity contribution in [2.45, 2.75) is 30.9 Å². The van der Waals surface area contributed by atoms with Crippen molar-refractivity contribution < 1.29 is 14.6 Å². The summed E-state index contributed by atoms with van der Waals surface area (Å²) in [4.78, 5) is 15.4. The van der Waals surface area contributed by atoms with E-state index >= 15 is 0 Å². The zero-order chi connectivity index (χ0) is 21.3. The maximum Gasteiger partial charge on any atom is 0.254 e. The molecular formula is C26H29NO3. The van der Waals surface area contributed by atoms with Crippen molar-refractivity contribution in [3.05, 3.63) is 90.5 Å². The summed E-state index contributed by atoms with van der Waals surface area (Å²) in [6.07, 6.45) is 6.11. The van der Waals surface area contributed by atoms with E-state index in [4.69, 9.17) is 4.74 Å². The molecule has 0 aliphatic heterocycles. The van der Waals surface area contributed by atoms with Crippen molar-refractivity contribution in [2.24, 2.45) is 11.8 Å². The first-order valence-corrected chi connectivity index (χ1v) is 10.5. The number of methoxy groups -OCH3 is 1. The first kappa shape index (κ1) is 20.4. The largest absolute Gasteiger partial charge is 0.497 e. The maximum absolute atomic E-state index is 13.6. The maximum atomic E-state index is 13.6. The molecule has 3 atom stereocenters. The molecule has 0 heterocycles. The minimum Gasteiger partial charge on any atom is -0.497 e. The summed E-state index contributed by atoms with van der Waals surface area (Å²) < 4.78 is 5.40. The van der Waals surface area contributed by atoms with E-state index < -0.39 is 5.60 Å². The number of hydrogen-bond donors (Lipinski definition) is 1. The summed E-state index contributed by atoms with van der Waals surface area (Å²) in [6, 6.07) is 15.2. The highest BCUT2D eigenvalue weighted by atomic mass is 16.5. The number of hydrogen-bond acceptors (Lipinski definition) is 3. The summed E-state index contributed by atoms with van der Waals surface area (Å²) in [5.41, 5.74) is 1.86. The Morgan fingerprint density at radius 2 is 1.83 bits per heavy atom. The fourth-order valence-corrected chi connectivity index (χ4v) is 5.02. The van der Waals surface area contributed by atoms with E-state index in [1.54, 1.807) is 7.11 Å². The van der Waals surface area contributed by atoms with E-state index in [2.05, 4.69) is 19.2 Å². The molecule has 1 fully saturated rings. The Balaban J connectivity index is 1.72. The third kappa shape index (κ3) is 3.35. The summed E-state index contributed by atoms with van der Waals surface area (Å²) >= 11 is 0. The van der Waals surface area contributed by atoms with Crippen LogP contribution >= 0.6 is 0 Å². The SMILES string of the molecule is C=C[C@@H]1CC[C@@H](C=C)C1(O)CN(C(=O)c1ccccc1)C1Cc2ccc(OC)cc21. The highest BCUT2D eigenvalue weighted by molar-refractivity contribution is 5.94. The van der Waals surface area contributed by atoms with Gasteiger partial charge in [0.1, 0.15) is 5.75 Å². The van der Waals surface area contributed by atoms with Gasteiger partial charge in [0.05, 0.1) is 25.3 Å². The van der Waals surface area contributed by atoms with Gasteiger partial charge in [-0.15, -0.1) is 13.2 Å². The molecule has 1 unspecified atom stereocenters. The molecule has 1 amide bonds. The van der Waals surface area contributed by atoms with Crippen LogP contribution in [0.25, 0.3) is 0 Å². The Kier molecular flexibility index (Phi) is 5.52. The third-order valence-corrected chi connectivity index (χ3v) is 6.85. The number of carbonyl (C=O) groups excluding carboxylic acids is 1. The predicted octanol–water partition coefficient (Wildman–Crippen LogP) is 4.56. The summed E-state index contributed by atoms with van der Waals surface area (Å²) in [7, 11) is 1.65. The second-order valence-corrected chi connectivity index (χ2v) is 8.34. The van der Waals surface area contributed by atoms with Crippen molar-refractivity contribution in [1.82, 2.24) is 4.90 Å². The Morgan fingerprint density at radius 3 is 2.43 bits per heavy atom. The predicted molar refractivity (Wildman–Crippen MR) is 118 cm³/mol. The monoisotopic (exact) mass is 403 g/mol. The summed E-state index contributed by atoms with van der Waals surface area (Å²) in [5.74, 6) is 0.561. The Labute approximate surface area is 178 Å². The van der Waals surface area contributed by atoms with E-state index in [1.807, 2.05) is 59.5 Å². The highest BCUT2D eigenvalue weighted by Crippen LogP contribution is 2.46. The van der Waals surface area contributed by atoms with Gasteiger partial charge >= 0.3 is 0 Å². The first-order chi connectivity index (χ1) is 14.5. The Morgan fingerprint density at radius 1 is 1.17 bits per heavy atom. The molecule has 0 bridgehead atoms. The van der Waals surface area contributed by atoms with Gasteiger partial charge in [-0.1, -0.05) is 36.4 Å². The zero-order valence-corrected chi connectivity index (χ0v) is 17.5. The zero-order valence-electron chi connectivity index (χ0n) is 17.5. The molecule has 1 saturated carbocycles. The van der Waals surface area contributed by atoms with Gasteiger partial charge < -0.3 is 14.7 Å². The summed E-state index contributed by atoms with van der Waals surface area (Å²) in [6.45, 7) is 8.13. The molecule has 0 saturated heterocycles. The van der Waals surface area contributed by atoms with Crippen LogP contribution < -0.4 is 4.74 Å². The highest BCUT2D eigenvalue weighted by Gasteiger charge is 2.49. The number of ether oxygens (including phenoxy) is 1. The Hall–Kier alpha value is -2.85. The van der Waals surface area contributed by atoms with Crippen LogP contribution in [0.1, 0.15) is 40.4 Å². The van der Waals surface area contributed by atoms with Gasteiger partial charge in [-0.3, -0.25) is 4.79 Å². The van der Waals surface area contributed by atoms with Crippen LogP contribution in [0, 0.1) is 11.8 Å². The molecule has 2 aromatic rings. The summed E-state index contributed by atoms with van der Waals surface area (Å²) in [5, 5.41) is 11.7. The average molecular weight is 404 g/mol. The average Bonchev–Trinajstić information content (AvgIpc) is 3.08. The van der Waals surface area contributed by atoms with Crippen molar-refractivity contribution in [1.29, 1.82) is 0 Å². The van der Waals surface area contributed by atoms with Crippen LogP contribution in [0.5, 0.6) is 5.75 Å². The van der Waals surface area contributed by atoms with Gasteiger partial charge in [0.25, 0.3) is 5.91 Å². The van der Waals surface area contributed by atoms with E-state index in [1.165, 1.54) is 5.56 Å². The fraction of sp³-hybridized carbons (Fsp3) is 0.346. The third-order valence-electron chi connectivity index (χ3n) is 6.85. The van der Waals surface area contributed by atoms with Crippen LogP contribution in [0.4, 0.5) is 0 Å². The minimum atomic E-state index is -1.07. The lowest BCUT2D eigenvalue weighted by atomic mass is 9.78. The number of fused-ring (bicyclic) bond motifs is 1.